The van der Waals surface area contributed by atoms with E-state index in [2.05, 4.69) is 15.9 Å². The molecule has 0 aliphatic heterocycles. The third kappa shape index (κ3) is 1.53. The highest BCUT2D eigenvalue weighted by atomic mass is 79.9. The fraction of sp³-hybridized carbons (Fsp3) is 0.667. The van der Waals surface area contributed by atoms with E-state index in [9.17, 15) is 0 Å². The molecule has 0 aromatic rings. The third-order valence-electron chi connectivity index (χ3n) is 1.45. The summed E-state index contributed by atoms with van der Waals surface area (Å²) in [6, 6.07) is 0. The first-order valence-electron chi connectivity index (χ1n) is 2.93. The SMILES string of the molecule is O[C@@H]1C(Br)=CCC[C@@H]1O. The molecule has 0 spiro atoms. The molecule has 3 heteroatoms. The fourth-order valence-electron chi connectivity index (χ4n) is 0.854. The first-order chi connectivity index (χ1) is 4.22. The van der Waals surface area contributed by atoms with Gasteiger partial charge in [0.15, 0.2) is 0 Å². The van der Waals surface area contributed by atoms with Gasteiger partial charge in [-0.1, -0.05) is 22.0 Å². The molecule has 9 heavy (non-hydrogen) atoms. The highest BCUT2D eigenvalue weighted by molar-refractivity contribution is 9.11. The molecule has 2 atom stereocenters. The van der Waals surface area contributed by atoms with Crippen molar-refractivity contribution in [1.29, 1.82) is 0 Å². The summed E-state index contributed by atoms with van der Waals surface area (Å²) in [4.78, 5) is 0. The Balaban J connectivity index is 2.62. The summed E-state index contributed by atoms with van der Waals surface area (Å²) in [7, 11) is 0. The molecule has 52 valence electrons. The van der Waals surface area contributed by atoms with Crippen molar-refractivity contribution < 1.29 is 10.2 Å². The van der Waals surface area contributed by atoms with Gasteiger partial charge in [-0.05, 0) is 12.8 Å². The molecule has 0 heterocycles. The van der Waals surface area contributed by atoms with Crippen LogP contribution in [0.15, 0.2) is 10.6 Å². The predicted octanol–water partition coefficient (Wildman–Crippen LogP) is 0.781. The Labute approximate surface area is 62.3 Å². The van der Waals surface area contributed by atoms with E-state index < -0.39 is 12.2 Å². The van der Waals surface area contributed by atoms with Gasteiger partial charge in [-0.15, -0.1) is 0 Å². The molecule has 1 aliphatic rings. The van der Waals surface area contributed by atoms with Crippen LogP contribution in [0.3, 0.4) is 0 Å². The van der Waals surface area contributed by atoms with Gasteiger partial charge < -0.3 is 10.2 Å². The number of halogens is 1. The lowest BCUT2D eigenvalue weighted by atomic mass is 10.0. The van der Waals surface area contributed by atoms with Crippen LogP contribution in [-0.4, -0.2) is 22.4 Å². The average molecular weight is 193 g/mol. The zero-order valence-electron chi connectivity index (χ0n) is 4.92. The van der Waals surface area contributed by atoms with Crippen molar-refractivity contribution >= 4 is 15.9 Å². The van der Waals surface area contributed by atoms with Gasteiger partial charge in [0, 0.05) is 4.48 Å². The van der Waals surface area contributed by atoms with Gasteiger partial charge in [0.05, 0.1) is 6.10 Å². The molecule has 0 fully saturated rings. The highest BCUT2D eigenvalue weighted by Gasteiger charge is 2.21. The van der Waals surface area contributed by atoms with Crippen molar-refractivity contribution in [2.24, 2.45) is 0 Å². The van der Waals surface area contributed by atoms with Crippen molar-refractivity contribution in [2.75, 3.05) is 0 Å². The molecule has 0 saturated carbocycles. The summed E-state index contributed by atoms with van der Waals surface area (Å²) < 4.78 is 0.709. The maximum atomic E-state index is 9.08. The van der Waals surface area contributed by atoms with E-state index in [1.807, 2.05) is 6.08 Å². The molecule has 2 N–H and O–H groups in total. The molecule has 1 aliphatic carbocycles. The van der Waals surface area contributed by atoms with Crippen LogP contribution in [0.25, 0.3) is 0 Å². The van der Waals surface area contributed by atoms with E-state index in [1.165, 1.54) is 0 Å². The molecule has 0 saturated heterocycles. The van der Waals surface area contributed by atoms with Gasteiger partial charge in [-0.3, -0.25) is 0 Å². The van der Waals surface area contributed by atoms with Crippen LogP contribution in [0.1, 0.15) is 12.8 Å². The lowest BCUT2D eigenvalue weighted by Gasteiger charge is -2.20. The van der Waals surface area contributed by atoms with Crippen LogP contribution in [0, 0.1) is 0 Å². The van der Waals surface area contributed by atoms with Gasteiger partial charge in [-0.25, -0.2) is 0 Å². The summed E-state index contributed by atoms with van der Waals surface area (Å²) in [5.74, 6) is 0. The molecule has 0 radical (unpaired) electrons. The summed E-state index contributed by atoms with van der Waals surface area (Å²) in [5, 5.41) is 18.1. The van der Waals surface area contributed by atoms with Crippen molar-refractivity contribution in [1.82, 2.24) is 0 Å². The van der Waals surface area contributed by atoms with Gasteiger partial charge in [0.2, 0.25) is 0 Å². The van der Waals surface area contributed by atoms with Crippen molar-refractivity contribution in [3.63, 3.8) is 0 Å². The number of allylic oxidation sites excluding steroid dienone is 1. The number of rotatable bonds is 0. The van der Waals surface area contributed by atoms with Crippen molar-refractivity contribution in [3.05, 3.63) is 10.6 Å². The molecule has 0 aromatic carbocycles. The van der Waals surface area contributed by atoms with E-state index in [0.717, 1.165) is 6.42 Å². The van der Waals surface area contributed by atoms with Crippen LogP contribution in [0.4, 0.5) is 0 Å². The predicted molar refractivity (Wildman–Crippen MR) is 38.3 cm³/mol. The topological polar surface area (TPSA) is 40.5 Å². The number of aliphatic hydroxyl groups is 2. The zero-order valence-corrected chi connectivity index (χ0v) is 6.50. The first kappa shape index (κ1) is 7.25. The third-order valence-corrected chi connectivity index (χ3v) is 2.24. The summed E-state index contributed by atoms with van der Waals surface area (Å²) in [5.41, 5.74) is 0. The fourth-order valence-corrected chi connectivity index (χ4v) is 1.39. The Kier molecular flexibility index (Phi) is 2.27. The molecule has 0 amide bonds. The quantitative estimate of drug-likeness (QED) is 0.596. The summed E-state index contributed by atoms with van der Waals surface area (Å²) >= 11 is 3.15. The maximum Gasteiger partial charge on any atom is 0.111 e. The van der Waals surface area contributed by atoms with E-state index in [4.69, 9.17) is 10.2 Å². The second-order valence-electron chi connectivity index (χ2n) is 2.18. The standard InChI is InChI=1S/C6H9BrO2/c7-4-2-1-3-5(8)6(4)9/h2,5-6,8-9H,1,3H2/t5-,6+/m0/s1. The molecule has 0 bridgehead atoms. The van der Waals surface area contributed by atoms with Gasteiger partial charge >= 0.3 is 0 Å². The summed E-state index contributed by atoms with van der Waals surface area (Å²) in [6.07, 6.45) is 2.12. The smallest absolute Gasteiger partial charge is 0.111 e. The van der Waals surface area contributed by atoms with Crippen LogP contribution < -0.4 is 0 Å². The van der Waals surface area contributed by atoms with Crippen molar-refractivity contribution in [2.45, 2.75) is 25.0 Å². The summed E-state index contributed by atoms with van der Waals surface area (Å²) in [6.45, 7) is 0. The van der Waals surface area contributed by atoms with Gasteiger partial charge in [0.1, 0.15) is 6.10 Å². The minimum atomic E-state index is -0.696. The molecule has 0 unspecified atom stereocenters. The molecular formula is C6H9BrO2. The van der Waals surface area contributed by atoms with Gasteiger partial charge in [0.25, 0.3) is 0 Å². The van der Waals surface area contributed by atoms with Crippen LogP contribution >= 0.6 is 15.9 Å². The average Bonchev–Trinajstić information content (AvgIpc) is 1.83. The van der Waals surface area contributed by atoms with Crippen LogP contribution in [-0.2, 0) is 0 Å². The second kappa shape index (κ2) is 2.82. The molecule has 1 rings (SSSR count). The van der Waals surface area contributed by atoms with Crippen LogP contribution in [0.5, 0.6) is 0 Å². The highest BCUT2D eigenvalue weighted by Crippen LogP contribution is 2.22. The minimum absolute atomic E-state index is 0.579. The Bertz CT molecular complexity index is 133. The van der Waals surface area contributed by atoms with Gasteiger partial charge in [-0.2, -0.15) is 0 Å². The zero-order chi connectivity index (χ0) is 6.85. The Morgan fingerprint density at radius 2 is 2.22 bits per heavy atom. The van der Waals surface area contributed by atoms with Crippen molar-refractivity contribution in [3.8, 4) is 0 Å². The van der Waals surface area contributed by atoms with E-state index in [0.29, 0.717) is 10.9 Å². The second-order valence-corrected chi connectivity index (χ2v) is 3.09. The van der Waals surface area contributed by atoms with E-state index in [-0.39, 0.29) is 0 Å². The number of hydrogen-bond donors (Lipinski definition) is 2. The normalized spacial score (nSPS) is 36.1. The van der Waals surface area contributed by atoms with Crippen LogP contribution in [0.2, 0.25) is 0 Å². The Hall–Kier alpha value is 0.140. The lowest BCUT2D eigenvalue weighted by molar-refractivity contribution is 0.0370. The Morgan fingerprint density at radius 1 is 1.56 bits per heavy atom. The lowest BCUT2D eigenvalue weighted by Crippen LogP contribution is -2.28. The van der Waals surface area contributed by atoms with E-state index in [1.54, 1.807) is 0 Å². The Morgan fingerprint density at radius 3 is 2.67 bits per heavy atom. The maximum absolute atomic E-state index is 9.08. The largest absolute Gasteiger partial charge is 0.390 e. The molecule has 2 nitrogen and oxygen atoms in total. The molecule has 0 aromatic heterocycles. The first-order valence-corrected chi connectivity index (χ1v) is 3.73. The molecular weight excluding hydrogens is 184 g/mol. The minimum Gasteiger partial charge on any atom is -0.390 e. The van der Waals surface area contributed by atoms with E-state index >= 15 is 0 Å². The monoisotopic (exact) mass is 192 g/mol. The number of hydrogen-bond acceptors (Lipinski definition) is 2. The number of aliphatic hydroxyl groups excluding tert-OH is 2.